The Morgan fingerprint density at radius 3 is 2.70 bits per heavy atom. The van der Waals surface area contributed by atoms with Gasteiger partial charge in [0.15, 0.2) is 0 Å². The van der Waals surface area contributed by atoms with Gasteiger partial charge in [-0.25, -0.2) is 4.98 Å². The van der Waals surface area contributed by atoms with Crippen LogP contribution >= 0.6 is 0 Å². The number of unbranched alkanes of at least 4 members (excludes halogenated alkanes) is 2. The first kappa shape index (κ1) is 20.9. The molecule has 0 fully saturated rings. The average Bonchev–Trinajstić information content (AvgIpc) is 3.17. The lowest BCUT2D eigenvalue weighted by atomic mass is 10.2. The molecule has 7 heteroatoms. The number of ether oxygens (including phenoxy) is 3. The molecule has 1 amide bonds. The molecule has 0 bridgehead atoms. The average molecular weight is 375 g/mol. The molecule has 0 aliphatic carbocycles. The van der Waals surface area contributed by atoms with E-state index in [1.807, 2.05) is 35.0 Å². The van der Waals surface area contributed by atoms with E-state index >= 15 is 0 Å². The Bertz CT molecular complexity index is 644. The molecule has 2 N–H and O–H groups in total. The zero-order valence-electron chi connectivity index (χ0n) is 15.9. The second-order valence-electron chi connectivity index (χ2n) is 6.39. The highest BCUT2D eigenvalue weighted by Crippen LogP contribution is 2.12. The Kier molecular flexibility index (Phi) is 9.37. The van der Waals surface area contributed by atoms with Gasteiger partial charge in [-0.1, -0.05) is 18.6 Å². The van der Waals surface area contributed by atoms with Crippen molar-refractivity contribution in [1.82, 2.24) is 9.55 Å². The summed E-state index contributed by atoms with van der Waals surface area (Å²) >= 11 is 0. The topological polar surface area (TPSA) is 88.6 Å². The van der Waals surface area contributed by atoms with E-state index in [1.54, 1.807) is 19.6 Å². The van der Waals surface area contributed by atoms with E-state index < -0.39 is 0 Å². The molecule has 2 rings (SSSR count). The second kappa shape index (κ2) is 12.1. The van der Waals surface area contributed by atoms with Gasteiger partial charge in [0.25, 0.3) is 0 Å². The van der Waals surface area contributed by atoms with Crippen molar-refractivity contribution < 1.29 is 19.0 Å². The zero-order valence-corrected chi connectivity index (χ0v) is 15.9. The number of carbonyl (C=O) groups is 1. The number of imidazole rings is 1. The Labute approximate surface area is 160 Å². The number of rotatable bonds is 14. The number of primary amides is 1. The molecule has 148 valence electrons. The molecule has 0 aliphatic rings. The Morgan fingerprint density at radius 2 is 2.04 bits per heavy atom. The minimum absolute atomic E-state index is 0.0615. The fourth-order valence-corrected chi connectivity index (χ4v) is 2.64. The Hall–Kier alpha value is -2.38. The summed E-state index contributed by atoms with van der Waals surface area (Å²) in [4.78, 5) is 14.8. The first-order valence-electron chi connectivity index (χ1n) is 9.23. The molecule has 1 aromatic heterocycles. The van der Waals surface area contributed by atoms with Gasteiger partial charge < -0.3 is 24.5 Å². The van der Waals surface area contributed by atoms with Gasteiger partial charge in [-0.2, -0.15) is 0 Å². The molecule has 27 heavy (non-hydrogen) atoms. The molecule has 0 saturated carbocycles. The van der Waals surface area contributed by atoms with Gasteiger partial charge in [0.2, 0.25) is 5.91 Å². The summed E-state index contributed by atoms with van der Waals surface area (Å²) in [5.41, 5.74) is 6.23. The second-order valence-corrected chi connectivity index (χ2v) is 6.39. The number of hydrogen-bond acceptors (Lipinski definition) is 5. The minimum atomic E-state index is -0.249. The predicted octanol–water partition coefficient (Wildman–Crippen LogP) is 2.54. The van der Waals surface area contributed by atoms with E-state index in [4.69, 9.17) is 19.9 Å². The van der Waals surface area contributed by atoms with Crippen LogP contribution in [-0.2, 0) is 27.4 Å². The van der Waals surface area contributed by atoms with Crippen LogP contribution in [-0.4, -0.2) is 41.9 Å². The highest BCUT2D eigenvalue weighted by atomic mass is 16.5. The SMILES string of the molecule is COc1ccc(COCC(Cn2ccnc2)OCCCCCC(N)=O)cc1. The summed E-state index contributed by atoms with van der Waals surface area (Å²) < 4.78 is 19.0. The first-order valence-corrected chi connectivity index (χ1v) is 9.23. The van der Waals surface area contributed by atoms with E-state index in [0.717, 1.165) is 30.6 Å². The van der Waals surface area contributed by atoms with Crippen molar-refractivity contribution in [2.24, 2.45) is 5.73 Å². The van der Waals surface area contributed by atoms with Crippen molar-refractivity contribution in [1.29, 1.82) is 0 Å². The Morgan fingerprint density at radius 1 is 1.22 bits per heavy atom. The van der Waals surface area contributed by atoms with Crippen molar-refractivity contribution in [3.05, 3.63) is 48.5 Å². The fraction of sp³-hybridized carbons (Fsp3) is 0.500. The minimum Gasteiger partial charge on any atom is -0.497 e. The van der Waals surface area contributed by atoms with E-state index in [0.29, 0.717) is 32.8 Å². The van der Waals surface area contributed by atoms with Gasteiger partial charge in [0, 0.05) is 25.4 Å². The molecule has 0 radical (unpaired) electrons. The lowest BCUT2D eigenvalue weighted by Gasteiger charge is -2.19. The van der Waals surface area contributed by atoms with Gasteiger partial charge in [0.05, 0.1) is 39.3 Å². The highest BCUT2D eigenvalue weighted by molar-refractivity contribution is 5.73. The molecule has 0 saturated heterocycles. The number of carbonyl (C=O) groups excluding carboxylic acids is 1. The monoisotopic (exact) mass is 375 g/mol. The summed E-state index contributed by atoms with van der Waals surface area (Å²) in [5, 5.41) is 0. The van der Waals surface area contributed by atoms with Gasteiger partial charge in [-0.05, 0) is 30.5 Å². The normalized spacial score (nSPS) is 12.0. The summed E-state index contributed by atoms with van der Waals surface area (Å²) in [7, 11) is 1.65. The van der Waals surface area contributed by atoms with Crippen LogP contribution in [0.1, 0.15) is 31.2 Å². The smallest absolute Gasteiger partial charge is 0.217 e. The number of amides is 1. The molecule has 7 nitrogen and oxygen atoms in total. The summed E-state index contributed by atoms with van der Waals surface area (Å²) in [6.45, 7) is 2.33. The van der Waals surface area contributed by atoms with Gasteiger partial charge in [-0.3, -0.25) is 4.79 Å². The third-order valence-corrected chi connectivity index (χ3v) is 4.13. The van der Waals surface area contributed by atoms with Crippen molar-refractivity contribution in [2.45, 2.75) is 44.9 Å². The van der Waals surface area contributed by atoms with Gasteiger partial charge in [-0.15, -0.1) is 0 Å². The fourth-order valence-electron chi connectivity index (χ4n) is 2.64. The maximum Gasteiger partial charge on any atom is 0.217 e. The van der Waals surface area contributed by atoms with Gasteiger partial charge in [0.1, 0.15) is 5.75 Å². The number of methoxy groups -OCH3 is 1. The molecule has 0 aliphatic heterocycles. The number of benzene rings is 1. The zero-order chi connectivity index (χ0) is 19.3. The molecule has 1 atom stereocenters. The standard InChI is InChI=1S/C20H29N3O4/c1-25-18-8-6-17(7-9-18)14-26-15-19(13-23-11-10-22-16-23)27-12-4-2-3-5-20(21)24/h6-11,16,19H,2-5,12-15H2,1H3,(H2,21,24). The number of nitrogens with two attached hydrogens (primary N) is 1. The summed E-state index contributed by atoms with van der Waals surface area (Å²) in [6, 6.07) is 7.82. The van der Waals surface area contributed by atoms with Crippen molar-refractivity contribution in [3.63, 3.8) is 0 Å². The molecule has 0 spiro atoms. The lowest BCUT2D eigenvalue weighted by molar-refractivity contribution is -0.118. The van der Waals surface area contributed by atoms with Gasteiger partial charge >= 0.3 is 0 Å². The molecule has 1 unspecified atom stereocenters. The Balaban J connectivity index is 1.72. The van der Waals surface area contributed by atoms with E-state index in [9.17, 15) is 4.79 Å². The molecule has 2 aromatic rings. The first-order chi connectivity index (χ1) is 13.2. The maximum atomic E-state index is 10.7. The van der Waals surface area contributed by atoms with E-state index in [2.05, 4.69) is 4.98 Å². The van der Waals surface area contributed by atoms with Crippen LogP contribution in [0.15, 0.2) is 43.0 Å². The summed E-state index contributed by atoms with van der Waals surface area (Å²) in [6.07, 6.45) is 8.43. The highest BCUT2D eigenvalue weighted by Gasteiger charge is 2.11. The van der Waals surface area contributed by atoms with Crippen LogP contribution in [0.5, 0.6) is 5.75 Å². The van der Waals surface area contributed by atoms with E-state index in [1.165, 1.54) is 0 Å². The van der Waals surface area contributed by atoms with Crippen molar-refractivity contribution in [3.8, 4) is 5.75 Å². The van der Waals surface area contributed by atoms with Crippen molar-refractivity contribution >= 4 is 5.91 Å². The third kappa shape index (κ3) is 8.70. The predicted molar refractivity (Wildman–Crippen MR) is 102 cm³/mol. The van der Waals surface area contributed by atoms with Crippen LogP contribution in [0.3, 0.4) is 0 Å². The molecule has 1 heterocycles. The number of nitrogens with zero attached hydrogens (tertiary/aromatic N) is 2. The summed E-state index contributed by atoms with van der Waals surface area (Å²) in [5.74, 6) is 0.581. The molecular formula is C20H29N3O4. The maximum absolute atomic E-state index is 10.7. The lowest BCUT2D eigenvalue weighted by Crippen LogP contribution is -2.26. The number of hydrogen-bond donors (Lipinski definition) is 1. The molecular weight excluding hydrogens is 346 g/mol. The van der Waals surface area contributed by atoms with Crippen LogP contribution < -0.4 is 10.5 Å². The third-order valence-electron chi connectivity index (χ3n) is 4.13. The number of aromatic nitrogens is 2. The van der Waals surface area contributed by atoms with E-state index in [-0.39, 0.29) is 12.0 Å². The van der Waals surface area contributed by atoms with Crippen LogP contribution in [0, 0.1) is 0 Å². The quantitative estimate of drug-likeness (QED) is 0.513. The van der Waals surface area contributed by atoms with Crippen LogP contribution in [0.4, 0.5) is 0 Å². The largest absolute Gasteiger partial charge is 0.497 e. The molecule has 1 aromatic carbocycles. The van der Waals surface area contributed by atoms with Crippen LogP contribution in [0.2, 0.25) is 0 Å². The van der Waals surface area contributed by atoms with Crippen LogP contribution in [0.25, 0.3) is 0 Å². The van der Waals surface area contributed by atoms with Crippen molar-refractivity contribution in [2.75, 3.05) is 20.3 Å².